The number of ether oxygens (including phenoxy) is 6. The van der Waals surface area contributed by atoms with Gasteiger partial charge < -0.3 is 28.4 Å². The molecule has 0 spiro atoms. The van der Waals surface area contributed by atoms with Crippen molar-refractivity contribution in [3.05, 3.63) is 139 Å². The first kappa shape index (κ1) is 29.8. The van der Waals surface area contributed by atoms with Crippen molar-refractivity contribution in [1.82, 2.24) is 0 Å². The molecule has 46 heavy (non-hydrogen) atoms. The van der Waals surface area contributed by atoms with E-state index in [1.807, 2.05) is 60.7 Å². The maximum absolute atomic E-state index is 13.1. The number of carbonyl (C=O) groups excluding carboxylic acids is 2. The van der Waals surface area contributed by atoms with Gasteiger partial charge in [0.05, 0.1) is 19.8 Å². The van der Waals surface area contributed by atoms with Crippen molar-refractivity contribution in [3.63, 3.8) is 0 Å². The first-order valence-electron chi connectivity index (χ1n) is 14.3. The Morgan fingerprint density at radius 1 is 0.457 bits per heavy atom. The lowest BCUT2D eigenvalue weighted by Crippen LogP contribution is -2.08. The molecule has 0 aromatic heterocycles. The standard InChI is InChI=1S/C38H28O8/c1-41-28-13-11-26(12-14-28)25-7-9-27(10-8-25)37(39)46-36-24-23-35(33-5-3-4-6-34(33)36)44-31-19-15-29(16-20-31)43-30-17-21-32(22-18-30)45-38(40)42-2/h3-24H,1-2H3. The Bertz CT molecular complexity index is 1960. The second kappa shape index (κ2) is 13.6. The largest absolute Gasteiger partial charge is 0.513 e. The number of fused-ring (bicyclic) bond motifs is 1. The Kier molecular flexibility index (Phi) is 8.78. The third-order valence-electron chi connectivity index (χ3n) is 7.07. The number of hydrogen-bond donors (Lipinski definition) is 0. The van der Waals surface area contributed by atoms with Gasteiger partial charge in [0.25, 0.3) is 0 Å². The summed E-state index contributed by atoms with van der Waals surface area (Å²) < 4.78 is 32.6. The summed E-state index contributed by atoms with van der Waals surface area (Å²) in [4.78, 5) is 24.3. The third-order valence-corrected chi connectivity index (χ3v) is 7.07. The number of benzene rings is 6. The summed E-state index contributed by atoms with van der Waals surface area (Å²) in [5.41, 5.74) is 2.43. The van der Waals surface area contributed by atoms with Gasteiger partial charge in [-0.1, -0.05) is 48.5 Å². The van der Waals surface area contributed by atoms with Crippen LogP contribution >= 0.6 is 0 Å². The normalized spacial score (nSPS) is 10.6. The van der Waals surface area contributed by atoms with Crippen LogP contribution in [0.3, 0.4) is 0 Å². The maximum Gasteiger partial charge on any atom is 0.513 e. The first-order valence-corrected chi connectivity index (χ1v) is 14.3. The fourth-order valence-electron chi connectivity index (χ4n) is 4.72. The van der Waals surface area contributed by atoms with E-state index in [-0.39, 0.29) is 0 Å². The molecule has 0 unspecified atom stereocenters. The highest BCUT2D eigenvalue weighted by atomic mass is 16.7. The third kappa shape index (κ3) is 6.92. The van der Waals surface area contributed by atoms with Gasteiger partial charge >= 0.3 is 12.1 Å². The number of carbonyl (C=O) groups is 2. The lowest BCUT2D eigenvalue weighted by atomic mass is 10.0. The van der Waals surface area contributed by atoms with Gasteiger partial charge in [0.1, 0.15) is 40.2 Å². The average Bonchev–Trinajstić information content (AvgIpc) is 3.11. The smallest absolute Gasteiger partial charge is 0.497 e. The molecule has 8 nitrogen and oxygen atoms in total. The predicted octanol–water partition coefficient (Wildman–Crippen LogP) is 9.46. The van der Waals surface area contributed by atoms with Crippen LogP contribution in [-0.4, -0.2) is 26.3 Å². The van der Waals surface area contributed by atoms with Gasteiger partial charge in [-0.15, -0.1) is 0 Å². The minimum Gasteiger partial charge on any atom is -0.497 e. The van der Waals surface area contributed by atoms with Crippen LogP contribution in [0.2, 0.25) is 0 Å². The molecule has 0 atom stereocenters. The van der Waals surface area contributed by atoms with E-state index in [1.165, 1.54) is 7.11 Å². The summed E-state index contributed by atoms with van der Waals surface area (Å²) in [5, 5.41) is 1.53. The highest BCUT2D eigenvalue weighted by molar-refractivity contribution is 5.98. The minimum atomic E-state index is -0.792. The van der Waals surface area contributed by atoms with Crippen LogP contribution in [0, 0.1) is 0 Å². The molecule has 0 aliphatic heterocycles. The van der Waals surface area contributed by atoms with E-state index in [0.29, 0.717) is 40.1 Å². The molecule has 0 fully saturated rings. The van der Waals surface area contributed by atoms with Gasteiger partial charge in [-0.2, -0.15) is 0 Å². The molecule has 0 bridgehead atoms. The quantitative estimate of drug-likeness (QED) is 0.0906. The number of methoxy groups -OCH3 is 2. The van der Waals surface area contributed by atoms with Crippen molar-refractivity contribution in [1.29, 1.82) is 0 Å². The highest BCUT2D eigenvalue weighted by Crippen LogP contribution is 2.37. The molecule has 0 aliphatic rings. The van der Waals surface area contributed by atoms with Crippen molar-refractivity contribution in [3.8, 4) is 51.4 Å². The molecule has 0 amide bonds. The number of hydrogen-bond acceptors (Lipinski definition) is 8. The fraction of sp³-hybridized carbons (Fsp3) is 0.0526. The van der Waals surface area contributed by atoms with Gasteiger partial charge in [0.2, 0.25) is 0 Å². The van der Waals surface area contributed by atoms with E-state index in [2.05, 4.69) is 4.74 Å². The van der Waals surface area contributed by atoms with Crippen molar-refractivity contribution < 1.29 is 38.0 Å². The molecule has 6 aromatic rings. The van der Waals surface area contributed by atoms with E-state index >= 15 is 0 Å². The summed E-state index contributed by atoms with van der Waals surface area (Å²) in [6.07, 6.45) is -0.792. The second-order valence-electron chi connectivity index (χ2n) is 10.0. The van der Waals surface area contributed by atoms with Crippen LogP contribution in [0.1, 0.15) is 10.4 Å². The Balaban J connectivity index is 1.12. The summed E-state index contributed by atoms with van der Waals surface area (Å²) in [6.45, 7) is 0. The second-order valence-corrected chi connectivity index (χ2v) is 10.0. The van der Waals surface area contributed by atoms with E-state index in [1.54, 1.807) is 79.9 Å². The van der Waals surface area contributed by atoms with Gasteiger partial charge in [-0.3, -0.25) is 0 Å². The molecule has 228 valence electrons. The van der Waals surface area contributed by atoms with Crippen molar-refractivity contribution in [2.45, 2.75) is 0 Å². The van der Waals surface area contributed by atoms with Crippen molar-refractivity contribution >= 4 is 22.9 Å². The highest BCUT2D eigenvalue weighted by Gasteiger charge is 2.14. The minimum absolute atomic E-state index is 0.343. The molecule has 0 radical (unpaired) electrons. The summed E-state index contributed by atoms with van der Waals surface area (Å²) >= 11 is 0. The Hall–Kier alpha value is -6.28. The summed E-state index contributed by atoms with van der Waals surface area (Å²) in [5.74, 6) is 3.46. The Labute approximate surface area is 265 Å². The van der Waals surface area contributed by atoms with E-state index < -0.39 is 12.1 Å². The maximum atomic E-state index is 13.1. The van der Waals surface area contributed by atoms with Gasteiger partial charge in [0.15, 0.2) is 0 Å². The van der Waals surface area contributed by atoms with E-state index in [0.717, 1.165) is 27.6 Å². The monoisotopic (exact) mass is 612 g/mol. The lowest BCUT2D eigenvalue weighted by molar-refractivity contribution is 0.0737. The van der Waals surface area contributed by atoms with Crippen LogP contribution in [0.25, 0.3) is 21.9 Å². The molecule has 6 rings (SSSR count). The Morgan fingerprint density at radius 3 is 1.50 bits per heavy atom. The lowest BCUT2D eigenvalue weighted by Gasteiger charge is -2.13. The van der Waals surface area contributed by atoms with Gasteiger partial charge in [0, 0.05) is 10.8 Å². The molecule has 0 N–H and O–H groups in total. The average molecular weight is 613 g/mol. The van der Waals surface area contributed by atoms with Crippen molar-refractivity contribution in [2.75, 3.05) is 14.2 Å². The van der Waals surface area contributed by atoms with Gasteiger partial charge in [-0.05, 0) is 96.1 Å². The molecule has 0 saturated heterocycles. The Morgan fingerprint density at radius 2 is 0.935 bits per heavy atom. The zero-order valence-corrected chi connectivity index (χ0v) is 25.0. The predicted molar refractivity (Wildman–Crippen MR) is 173 cm³/mol. The molecule has 0 aliphatic carbocycles. The molecule has 0 saturated carbocycles. The number of rotatable bonds is 9. The van der Waals surface area contributed by atoms with Crippen molar-refractivity contribution in [2.24, 2.45) is 0 Å². The van der Waals surface area contributed by atoms with Crippen LogP contribution < -0.4 is 23.7 Å². The summed E-state index contributed by atoms with van der Waals surface area (Å²) in [7, 11) is 2.88. The van der Waals surface area contributed by atoms with Crippen LogP contribution in [0.5, 0.6) is 40.2 Å². The topological polar surface area (TPSA) is 89.5 Å². The molecule has 0 heterocycles. The molecular formula is C38H28O8. The molecule has 8 heteroatoms. The zero-order valence-electron chi connectivity index (χ0n) is 25.0. The van der Waals surface area contributed by atoms with E-state index in [9.17, 15) is 9.59 Å². The van der Waals surface area contributed by atoms with E-state index in [4.69, 9.17) is 23.7 Å². The summed E-state index contributed by atoms with van der Waals surface area (Å²) in [6, 6.07) is 39.8. The molecular weight excluding hydrogens is 584 g/mol. The van der Waals surface area contributed by atoms with Crippen LogP contribution in [-0.2, 0) is 4.74 Å². The van der Waals surface area contributed by atoms with Gasteiger partial charge in [-0.25, -0.2) is 9.59 Å². The first-order chi connectivity index (χ1) is 22.5. The SMILES string of the molecule is COC(=O)Oc1ccc(Oc2ccc(Oc3ccc(OC(=O)c4ccc(-c5ccc(OC)cc5)cc4)c4ccccc34)cc2)cc1. The zero-order chi connectivity index (χ0) is 31.9. The molecule has 6 aromatic carbocycles. The fourth-order valence-corrected chi connectivity index (χ4v) is 4.72. The van der Waals surface area contributed by atoms with Crippen LogP contribution in [0.4, 0.5) is 4.79 Å². The number of esters is 1. The van der Waals surface area contributed by atoms with Crippen LogP contribution in [0.15, 0.2) is 133 Å².